The summed E-state index contributed by atoms with van der Waals surface area (Å²) >= 11 is 3.48. The predicted molar refractivity (Wildman–Crippen MR) is 77.6 cm³/mol. The molecule has 0 radical (unpaired) electrons. The van der Waals surface area contributed by atoms with Crippen molar-refractivity contribution in [3.05, 3.63) is 40.5 Å². The number of hydrogen-bond acceptors (Lipinski definition) is 3. The van der Waals surface area contributed by atoms with E-state index in [1.165, 1.54) is 6.26 Å². The van der Waals surface area contributed by atoms with E-state index in [9.17, 15) is 8.42 Å². The maximum Gasteiger partial charge on any atom is 0.148 e. The van der Waals surface area contributed by atoms with Crippen LogP contribution in [0.5, 0.6) is 0 Å². The quantitative estimate of drug-likeness (QED) is 0.870. The van der Waals surface area contributed by atoms with E-state index in [0.29, 0.717) is 0 Å². The Hall–Kier alpha value is -0.940. The molecule has 1 heterocycles. The lowest BCUT2D eigenvalue weighted by Crippen LogP contribution is -2.10. The van der Waals surface area contributed by atoms with E-state index in [0.717, 1.165) is 20.9 Å². The highest BCUT2D eigenvalue weighted by Gasteiger charge is 2.14. The maximum atomic E-state index is 11.3. The van der Waals surface area contributed by atoms with Crippen molar-refractivity contribution < 1.29 is 8.42 Å². The Bertz CT molecular complexity index is 682. The largest absolute Gasteiger partial charge is 0.255 e. The first-order valence-electron chi connectivity index (χ1n) is 5.59. The molecule has 0 aliphatic heterocycles. The van der Waals surface area contributed by atoms with Crippen LogP contribution in [0.2, 0.25) is 0 Å². The Balaban J connectivity index is 2.46. The molecule has 2 rings (SSSR count). The fourth-order valence-corrected chi connectivity index (χ4v) is 3.70. The van der Waals surface area contributed by atoms with Crippen LogP contribution in [0, 0.1) is 0 Å². The molecule has 18 heavy (non-hydrogen) atoms. The molecular formula is C13H14BrNO2S. The molecule has 96 valence electrons. The van der Waals surface area contributed by atoms with Gasteiger partial charge in [-0.2, -0.15) is 0 Å². The van der Waals surface area contributed by atoms with Crippen LogP contribution in [0.15, 0.2) is 34.9 Å². The topological polar surface area (TPSA) is 47.0 Å². The molecule has 0 aliphatic rings. The molecule has 1 atom stereocenters. The summed E-state index contributed by atoms with van der Waals surface area (Å²) in [6.07, 6.45) is 3.01. The average Bonchev–Trinajstić information content (AvgIpc) is 2.26. The van der Waals surface area contributed by atoms with Gasteiger partial charge in [0.05, 0.1) is 11.3 Å². The number of pyridine rings is 1. The second-order valence-corrected chi connectivity index (χ2v) is 7.61. The number of fused-ring (bicyclic) bond motifs is 1. The molecule has 0 bridgehead atoms. The van der Waals surface area contributed by atoms with Crippen molar-refractivity contribution in [2.75, 3.05) is 12.0 Å². The van der Waals surface area contributed by atoms with Gasteiger partial charge in [0.25, 0.3) is 0 Å². The third kappa shape index (κ3) is 3.09. The summed E-state index contributed by atoms with van der Waals surface area (Å²) < 4.78 is 23.6. The van der Waals surface area contributed by atoms with Crippen molar-refractivity contribution >= 4 is 36.7 Å². The zero-order valence-corrected chi connectivity index (χ0v) is 12.6. The van der Waals surface area contributed by atoms with E-state index >= 15 is 0 Å². The number of hydrogen-bond donors (Lipinski definition) is 0. The highest BCUT2D eigenvalue weighted by atomic mass is 79.9. The molecule has 0 spiro atoms. The van der Waals surface area contributed by atoms with Gasteiger partial charge in [-0.3, -0.25) is 4.98 Å². The second-order valence-electron chi connectivity index (χ2n) is 4.57. The molecule has 0 N–H and O–H groups in total. The number of nitrogens with zero attached hydrogens (tertiary/aromatic N) is 1. The molecule has 5 heteroatoms. The predicted octanol–water partition coefficient (Wildman–Crippen LogP) is 3.15. The fourth-order valence-electron chi connectivity index (χ4n) is 2.00. The first kappa shape index (κ1) is 13.5. The van der Waals surface area contributed by atoms with Crippen LogP contribution in [0.1, 0.15) is 18.4 Å². The van der Waals surface area contributed by atoms with Gasteiger partial charge in [-0.15, -0.1) is 0 Å². The first-order chi connectivity index (χ1) is 8.37. The van der Waals surface area contributed by atoms with Gasteiger partial charge < -0.3 is 0 Å². The minimum atomic E-state index is -2.97. The molecule has 0 aliphatic carbocycles. The number of sulfone groups is 1. The summed E-state index contributed by atoms with van der Waals surface area (Å²) in [7, 11) is -2.97. The summed E-state index contributed by atoms with van der Waals surface area (Å²) in [5.74, 6) is 0.131. The Morgan fingerprint density at radius 2 is 2.11 bits per heavy atom. The molecule has 0 saturated carbocycles. The fraction of sp³-hybridized carbons (Fsp3) is 0.308. The van der Waals surface area contributed by atoms with E-state index < -0.39 is 9.84 Å². The molecule has 3 nitrogen and oxygen atoms in total. The summed E-state index contributed by atoms with van der Waals surface area (Å²) in [4.78, 5) is 4.29. The van der Waals surface area contributed by atoms with Crippen molar-refractivity contribution in [3.63, 3.8) is 0 Å². The second kappa shape index (κ2) is 4.97. The Labute approximate surface area is 115 Å². The van der Waals surface area contributed by atoms with Gasteiger partial charge >= 0.3 is 0 Å². The van der Waals surface area contributed by atoms with Crippen molar-refractivity contribution in [3.8, 4) is 0 Å². The molecule has 0 amide bonds. The van der Waals surface area contributed by atoms with Gasteiger partial charge in [0.1, 0.15) is 9.84 Å². The highest BCUT2D eigenvalue weighted by Crippen LogP contribution is 2.28. The van der Waals surface area contributed by atoms with Crippen molar-refractivity contribution in [1.82, 2.24) is 4.98 Å². The van der Waals surface area contributed by atoms with Gasteiger partial charge in [0.15, 0.2) is 0 Å². The van der Waals surface area contributed by atoms with Crippen LogP contribution in [-0.2, 0) is 9.84 Å². The SMILES string of the molecule is CC(CS(C)(=O)=O)c1cc(Br)c2ncccc2c1. The van der Waals surface area contributed by atoms with Crippen LogP contribution >= 0.6 is 15.9 Å². The Morgan fingerprint density at radius 1 is 1.39 bits per heavy atom. The van der Waals surface area contributed by atoms with Gasteiger partial charge in [0.2, 0.25) is 0 Å². The number of rotatable bonds is 3. The van der Waals surface area contributed by atoms with E-state index in [1.54, 1.807) is 6.20 Å². The molecule has 1 aromatic heterocycles. The number of aromatic nitrogens is 1. The lowest BCUT2D eigenvalue weighted by atomic mass is 10.0. The van der Waals surface area contributed by atoms with Crippen LogP contribution in [-0.4, -0.2) is 25.4 Å². The van der Waals surface area contributed by atoms with E-state index in [1.807, 2.05) is 31.2 Å². The minimum absolute atomic E-state index is 0.0269. The molecule has 0 saturated heterocycles. The smallest absolute Gasteiger partial charge is 0.148 e. The highest BCUT2D eigenvalue weighted by molar-refractivity contribution is 9.10. The van der Waals surface area contributed by atoms with Crippen molar-refractivity contribution in [1.29, 1.82) is 0 Å². The first-order valence-corrected chi connectivity index (χ1v) is 8.44. The van der Waals surface area contributed by atoms with Gasteiger partial charge in [0, 0.05) is 22.3 Å². The summed E-state index contributed by atoms with van der Waals surface area (Å²) in [6.45, 7) is 1.92. The van der Waals surface area contributed by atoms with Crippen LogP contribution in [0.4, 0.5) is 0 Å². The van der Waals surface area contributed by atoms with Gasteiger partial charge in [-0.25, -0.2) is 8.42 Å². The van der Waals surface area contributed by atoms with Crippen molar-refractivity contribution in [2.45, 2.75) is 12.8 Å². The third-order valence-corrected chi connectivity index (χ3v) is 4.51. The van der Waals surface area contributed by atoms with Crippen LogP contribution in [0.3, 0.4) is 0 Å². The maximum absolute atomic E-state index is 11.3. The van der Waals surface area contributed by atoms with Crippen LogP contribution in [0.25, 0.3) is 10.9 Å². The molecule has 1 unspecified atom stereocenters. The van der Waals surface area contributed by atoms with Crippen molar-refractivity contribution in [2.24, 2.45) is 0 Å². The number of halogens is 1. The van der Waals surface area contributed by atoms with E-state index in [4.69, 9.17) is 0 Å². The minimum Gasteiger partial charge on any atom is -0.255 e. The molecule has 0 fully saturated rings. The zero-order valence-electron chi connectivity index (χ0n) is 10.2. The molecule has 2 aromatic rings. The third-order valence-electron chi connectivity index (χ3n) is 2.80. The summed E-state index contributed by atoms with van der Waals surface area (Å²) in [5, 5.41) is 1.02. The zero-order chi connectivity index (χ0) is 13.3. The normalized spacial score (nSPS) is 13.7. The Morgan fingerprint density at radius 3 is 2.78 bits per heavy atom. The summed E-state index contributed by atoms with van der Waals surface area (Å²) in [5.41, 5.74) is 1.90. The van der Waals surface area contributed by atoms with E-state index in [2.05, 4.69) is 20.9 Å². The lowest BCUT2D eigenvalue weighted by molar-refractivity contribution is 0.596. The summed E-state index contributed by atoms with van der Waals surface area (Å²) in [6, 6.07) is 7.80. The van der Waals surface area contributed by atoms with Gasteiger partial charge in [-0.05, 0) is 45.6 Å². The number of benzene rings is 1. The lowest BCUT2D eigenvalue weighted by Gasteiger charge is -2.12. The van der Waals surface area contributed by atoms with Crippen LogP contribution < -0.4 is 0 Å². The molecular weight excluding hydrogens is 314 g/mol. The molecule has 1 aromatic carbocycles. The van der Waals surface area contributed by atoms with E-state index in [-0.39, 0.29) is 11.7 Å². The monoisotopic (exact) mass is 327 g/mol. The standard InChI is InChI=1S/C13H14BrNO2S/c1-9(8-18(2,16)17)11-6-10-4-3-5-15-13(10)12(14)7-11/h3-7,9H,8H2,1-2H3. The average molecular weight is 328 g/mol. The van der Waals surface area contributed by atoms with Gasteiger partial charge in [-0.1, -0.05) is 13.0 Å². The Kier molecular flexibility index (Phi) is 3.73.